The molecular formula is C55H109NO4. The highest BCUT2D eigenvalue weighted by Gasteiger charge is 2.26. The Balaban J connectivity index is 3.50. The van der Waals surface area contributed by atoms with Gasteiger partial charge in [-0.2, -0.15) is 0 Å². The van der Waals surface area contributed by atoms with Crippen LogP contribution in [0.4, 0.5) is 0 Å². The van der Waals surface area contributed by atoms with Gasteiger partial charge in [0, 0.05) is 6.42 Å². The molecule has 0 heterocycles. The normalized spacial score (nSPS) is 13.3. The molecular weight excluding hydrogens is 739 g/mol. The Hall–Kier alpha value is -0.910. The van der Waals surface area contributed by atoms with Gasteiger partial charge in [0.15, 0.2) is 0 Å². The van der Waals surface area contributed by atoms with E-state index in [1.807, 2.05) is 0 Å². The third-order valence-electron chi connectivity index (χ3n) is 13.1. The maximum absolute atomic E-state index is 12.5. The highest BCUT2D eigenvalue weighted by molar-refractivity contribution is 5.76. The van der Waals surface area contributed by atoms with Gasteiger partial charge in [0.25, 0.3) is 0 Å². The summed E-state index contributed by atoms with van der Waals surface area (Å²) in [4.78, 5) is 12.5. The molecule has 0 aliphatic heterocycles. The minimum atomic E-state index is -1.16. The molecule has 1 amide bonds. The van der Waals surface area contributed by atoms with Gasteiger partial charge >= 0.3 is 0 Å². The zero-order valence-corrected chi connectivity index (χ0v) is 40.9. The van der Waals surface area contributed by atoms with Gasteiger partial charge in [0.2, 0.25) is 5.91 Å². The maximum Gasteiger partial charge on any atom is 0.220 e. The number of hydrogen-bond acceptors (Lipinski definition) is 4. The summed E-state index contributed by atoms with van der Waals surface area (Å²) in [6.07, 6.45) is 62.3. The zero-order valence-electron chi connectivity index (χ0n) is 40.9. The van der Waals surface area contributed by atoms with Gasteiger partial charge in [-0.15, -0.1) is 0 Å². The first kappa shape index (κ1) is 59.1. The van der Waals surface area contributed by atoms with Crippen LogP contribution in [0.1, 0.15) is 309 Å². The third-order valence-corrected chi connectivity index (χ3v) is 13.1. The molecule has 5 heteroatoms. The van der Waals surface area contributed by atoms with Crippen LogP contribution in [-0.2, 0) is 4.79 Å². The molecule has 60 heavy (non-hydrogen) atoms. The number of allylic oxidation sites excluding steroid dienone is 2. The van der Waals surface area contributed by atoms with E-state index in [1.54, 1.807) is 0 Å². The van der Waals surface area contributed by atoms with Crippen LogP contribution in [0.2, 0.25) is 0 Å². The second kappa shape index (κ2) is 50.7. The number of carbonyl (C=O) groups is 1. The molecule has 358 valence electrons. The maximum atomic E-state index is 12.5. The minimum absolute atomic E-state index is 0.147. The molecule has 0 saturated heterocycles. The fourth-order valence-corrected chi connectivity index (χ4v) is 8.87. The number of carbonyl (C=O) groups excluding carboxylic acids is 1. The number of rotatable bonds is 51. The van der Waals surface area contributed by atoms with Crippen LogP contribution >= 0.6 is 0 Å². The van der Waals surface area contributed by atoms with Crippen LogP contribution in [0.25, 0.3) is 0 Å². The van der Waals surface area contributed by atoms with E-state index in [9.17, 15) is 20.1 Å². The Morgan fingerprint density at radius 3 is 0.967 bits per heavy atom. The standard InChI is InChI=1S/C55H109NO4/c1-3-5-7-9-11-13-15-17-19-21-22-23-24-25-26-27-28-29-30-31-32-34-36-38-40-42-44-46-48-50-54(59)56-52(51-57)55(60)53(58)49-47-45-43-41-39-37-35-33-20-18-16-14-12-10-8-6-4-2/h41,43,52-53,55,57-58,60H,3-40,42,44-51H2,1-2H3,(H,56,59)/b43-41+. The van der Waals surface area contributed by atoms with Crippen LogP contribution < -0.4 is 5.32 Å². The first-order chi connectivity index (χ1) is 29.6. The fraction of sp³-hybridized carbons (Fsp3) is 0.945. The second-order valence-electron chi connectivity index (χ2n) is 19.1. The van der Waals surface area contributed by atoms with E-state index in [-0.39, 0.29) is 12.5 Å². The fourth-order valence-electron chi connectivity index (χ4n) is 8.87. The molecule has 0 spiro atoms. The van der Waals surface area contributed by atoms with E-state index >= 15 is 0 Å². The van der Waals surface area contributed by atoms with Crippen molar-refractivity contribution in [3.05, 3.63) is 12.2 Å². The quantitative estimate of drug-likeness (QED) is 0.0363. The summed E-state index contributed by atoms with van der Waals surface area (Å²) in [5.41, 5.74) is 0. The lowest BCUT2D eigenvalue weighted by Gasteiger charge is -2.26. The molecule has 0 aromatic rings. The number of unbranched alkanes of at least 4 members (excludes halogenated alkanes) is 41. The van der Waals surface area contributed by atoms with Gasteiger partial charge in [0.1, 0.15) is 6.10 Å². The Kier molecular flexibility index (Phi) is 50.0. The van der Waals surface area contributed by atoms with Crippen molar-refractivity contribution in [2.24, 2.45) is 0 Å². The van der Waals surface area contributed by atoms with Gasteiger partial charge in [-0.3, -0.25) is 4.79 Å². The molecule has 0 aliphatic carbocycles. The largest absolute Gasteiger partial charge is 0.394 e. The van der Waals surface area contributed by atoms with Crippen molar-refractivity contribution in [2.75, 3.05) is 6.61 Å². The van der Waals surface area contributed by atoms with Crippen molar-refractivity contribution in [1.82, 2.24) is 5.32 Å². The van der Waals surface area contributed by atoms with Crippen molar-refractivity contribution >= 4 is 5.91 Å². The molecule has 0 rings (SSSR count). The predicted octanol–water partition coefficient (Wildman–Crippen LogP) is 16.7. The van der Waals surface area contributed by atoms with Gasteiger partial charge in [-0.1, -0.05) is 276 Å². The van der Waals surface area contributed by atoms with Crippen LogP contribution in [0.5, 0.6) is 0 Å². The van der Waals surface area contributed by atoms with E-state index < -0.39 is 18.2 Å². The minimum Gasteiger partial charge on any atom is -0.394 e. The van der Waals surface area contributed by atoms with Crippen LogP contribution in [0, 0.1) is 0 Å². The number of amides is 1. The van der Waals surface area contributed by atoms with Gasteiger partial charge in [0.05, 0.1) is 18.8 Å². The van der Waals surface area contributed by atoms with Crippen molar-refractivity contribution < 1.29 is 20.1 Å². The van der Waals surface area contributed by atoms with Crippen LogP contribution in [-0.4, -0.2) is 46.1 Å². The number of aliphatic hydroxyl groups excluding tert-OH is 3. The Morgan fingerprint density at radius 1 is 0.400 bits per heavy atom. The lowest BCUT2D eigenvalue weighted by Crippen LogP contribution is -2.50. The summed E-state index contributed by atoms with van der Waals surface area (Å²) in [6, 6.07) is -0.822. The van der Waals surface area contributed by atoms with E-state index in [4.69, 9.17) is 0 Å². The lowest BCUT2D eigenvalue weighted by molar-refractivity contribution is -0.124. The van der Waals surface area contributed by atoms with Gasteiger partial charge in [-0.25, -0.2) is 0 Å². The molecule has 0 saturated carbocycles. The van der Waals surface area contributed by atoms with E-state index in [1.165, 1.54) is 244 Å². The number of hydrogen-bond donors (Lipinski definition) is 4. The monoisotopic (exact) mass is 848 g/mol. The molecule has 4 N–H and O–H groups in total. The molecule has 0 radical (unpaired) electrons. The highest BCUT2D eigenvalue weighted by Crippen LogP contribution is 2.18. The summed E-state index contributed by atoms with van der Waals surface area (Å²) in [7, 11) is 0. The zero-order chi connectivity index (χ0) is 43.7. The van der Waals surface area contributed by atoms with E-state index in [0.717, 1.165) is 38.5 Å². The smallest absolute Gasteiger partial charge is 0.220 e. The van der Waals surface area contributed by atoms with Gasteiger partial charge in [-0.05, 0) is 38.5 Å². The van der Waals surface area contributed by atoms with Crippen molar-refractivity contribution in [2.45, 2.75) is 327 Å². The van der Waals surface area contributed by atoms with E-state index in [2.05, 4.69) is 31.3 Å². The molecule has 3 atom stereocenters. The third kappa shape index (κ3) is 45.1. The molecule has 0 fully saturated rings. The average Bonchev–Trinajstić information content (AvgIpc) is 3.25. The van der Waals surface area contributed by atoms with Crippen molar-refractivity contribution in [3.8, 4) is 0 Å². The Bertz CT molecular complexity index is 848. The summed E-state index contributed by atoms with van der Waals surface area (Å²) in [5.74, 6) is -0.147. The predicted molar refractivity (Wildman–Crippen MR) is 264 cm³/mol. The summed E-state index contributed by atoms with van der Waals surface area (Å²) in [6.45, 7) is 4.20. The first-order valence-corrected chi connectivity index (χ1v) is 27.5. The van der Waals surface area contributed by atoms with Crippen molar-refractivity contribution in [1.29, 1.82) is 0 Å². The summed E-state index contributed by atoms with van der Waals surface area (Å²) in [5, 5.41) is 33.7. The molecule has 0 aliphatic rings. The van der Waals surface area contributed by atoms with E-state index in [0.29, 0.717) is 12.8 Å². The second-order valence-corrected chi connectivity index (χ2v) is 19.1. The summed E-state index contributed by atoms with van der Waals surface area (Å²) < 4.78 is 0. The number of aliphatic hydroxyl groups is 3. The highest BCUT2D eigenvalue weighted by atomic mass is 16.3. The average molecular weight is 848 g/mol. The number of nitrogens with one attached hydrogen (secondary N) is 1. The Labute approximate surface area is 376 Å². The lowest BCUT2D eigenvalue weighted by atomic mass is 10.0. The molecule has 3 unspecified atom stereocenters. The van der Waals surface area contributed by atoms with Crippen molar-refractivity contribution in [3.63, 3.8) is 0 Å². The molecule has 0 aromatic carbocycles. The summed E-state index contributed by atoms with van der Waals surface area (Å²) >= 11 is 0. The molecule has 5 nitrogen and oxygen atoms in total. The van der Waals surface area contributed by atoms with Gasteiger partial charge < -0.3 is 20.6 Å². The Morgan fingerprint density at radius 2 is 0.667 bits per heavy atom. The van der Waals surface area contributed by atoms with Crippen LogP contribution in [0.15, 0.2) is 12.2 Å². The topological polar surface area (TPSA) is 89.8 Å². The molecule has 0 aromatic heterocycles. The SMILES string of the molecule is CCCCCCCCCCCCCC/C=C/CCCC(O)C(O)C(CO)NC(=O)CCCCCCCCCCCCCCCCCCCCCCCCCCCCCCC. The first-order valence-electron chi connectivity index (χ1n) is 27.5. The molecule has 0 bridgehead atoms. The van der Waals surface area contributed by atoms with Crippen LogP contribution in [0.3, 0.4) is 0 Å².